The lowest BCUT2D eigenvalue weighted by Crippen LogP contribution is -2.27. The molecule has 1 N–H and O–H groups in total. The quantitative estimate of drug-likeness (QED) is 0.359. The van der Waals surface area contributed by atoms with Crippen molar-refractivity contribution in [1.29, 1.82) is 0 Å². The van der Waals surface area contributed by atoms with Crippen molar-refractivity contribution in [2.45, 2.75) is 84.3 Å². The second kappa shape index (κ2) is 14.8. The normalized spacial score (nSPS) is 12.5. The Morgan fingerprint density at radius 1 is 0.850 bits per heavy atom. The molecule has 0 saturated heterocycles. The van der Waals surface area contributed by atoms with Crippen molar-refractivity contribution in [3.63, 3.8) is 0 Å². The summed E-state index contributed by atoms with van der Waals surface area (Å²) in [5.41, 5.74) is 0. The fourth-order valence-corrected chi connectivity index (χ4v) is 2.12. The van der Waals surface area contributed by atoms with Crippen LogP contribution in [-0.2, 0) is 14.3 Å². The summed E-state index contributed by atoms with van der Waals surface area (Å²) in [4.78, 5) is 10.8. The van der Waals surface area contributed by atoms with Crippen LogP contribution in [0.1, 0.15) is 78.1 Å². The minimum Gasteiger partial charge on any atom is -0.477 e. The van der Waals surface area contributed by atoms with Gasteiger partial charge in [-0.1, -0.05) is 64.7 Å². The third kappa shape index (κ3) is 12.4. The number of carboxylic acid groups (broad SMARTS) is 1. The molecule has 0 spiro atoms. The van der Waals surface area contributed by atoms with E-state index < -0.39 is 12.3 Å². The van der Waals surface area contributed by atoms with Gasteiger partial charge in [0.15, 0.2) is 0 Å². The second-order valence-corrected chi connectivity index (χ2v) is 5.18. The fourth-order valence-electron chi connectivity index (χ4n) is 2.12. The zero-order valence-electron chi connectivity index (χ0n) is 13.2. The summed E-state index contributed by atoms with van der Waals surface area (Å²) in [5, 5.41) is 8.82. The van der Waals surface area contributed by atoms with Gasteiger partial charge in [0.05, 0.1) is 6.61 Å². The standard InChI is InChI=1S/C16H32O4/c1-3-5-6-7-8-9-10-11-12-13-14-20-16(15(17)18)19-4-2/h16H,3-14H2,1-2H3,(H,17,18). The van der Waals surface area contributed by atoms with Gasteiger partial charge in [-0.05, 0) is 13.3 Å². The average Bonchev–Trinajstić information content (AvgIpc) is 2.43. The Labute approximate surface area is 123 Å². The SMILES string of the molecule is CCCCCCCCCCCCOC(OCC)C(=O)O. The van der Waals surface area contributed by atoms with Gasteiger partial charge in [0.25, 0.3) is 6.29 Å². The Balaban J connectivity index is 3.25. The number of carboxylic acids is 1. The van der Waals surface area contributed by atoms with Crippen LogP contribution in [0.3, 0.4) is 0 Å². The van der Waals surface area contributed by atoms with E-state index in [1.807, 2.05) is 0 Å². The molecule has 0 aromatic rings. The summed E-state index contributed by atoms with van der Waals surface area (Å²) in [6, 6.07) is 0. The van der Waals surface area contributed by atoms with Crippen LogP contribution in [0, 0.1) is 0 Å². The summed E-state index contributed by atoms with van der Waals surface area (Å²) < 4.78 is 10.2. The Morgan fingerprint density at radius 3 is 1.80 bits per heavy atom. The van der Waals surface area contributed by atoms with Crippen LogP contribution >= 0.6 is 0 Å². The maximum Gasteiger partial charge on any atom is 0.361 e. The van der Waals surface area contributed by atoms with E-state index in [0.29, 0.717) is 13.2 Å². The maximum absolute atomic E-state index is 10.8. The number of rotatable bonds is 15. The molecule has 0 aliphatic heterocycles. The Kier molecular flexibility index (Phi) is 14.3. The van der Waals surface area contributed by atoms with E-state index in [-0.39, 0.29) is 0 Å². The van der Waals surface area contributed by atoms with Crippen molar-refractivity contribution in [2.24, 2.45) is 0 Å². The number of hydrogen-bond acceptors (Lipinski definition) is 3. The number of carbonyl (C=O) groups is 1. The van der Waals surface area contributed by atoms with Crippen LogP contribution in [0.4, 0.5) is 0 Å². The molecule has 0 bridgehead atoms. The molecule has 1 unspecified atom stereocenters. The first-order valence-electron chi connectivity index (χ1n) is 8.18. The van der Waals surface area contributed by atoms with Gasteiger partial charge in [-0.25, -0.2) is 4.79 Å². The van der Waals surface area contributed by atoms with Gasteiger partial charge < -0.3 is 14.6 Å². The Bertz CT molecular complexity index is 219. The molecule has 4 nitrogen and oxygen atoms in total. The van der Waals surface area contributed by atoms with Crippen LogP contribution in [0.5, 0.6) is 0 Å². The maximum atomic E-state index is 10.8. The third-order valence-corrected chi connectivity index (χ3v) is 3.29. The van der Waals surface area contributed by atoms with Crippen molar-refractivity contribution in [2.75, 3.05) is 13.2 Å². The summed E-state index contributed by atoms with van der Waals surface area (Å²) in [6.07, 6.45) is 11.5. The van der Waals surface area contributed by atoms with E-state index in [9.17, 15) is 4.79 Å². The zero-order valence-corrected chi connectivity index (χ0v) is 13.2. The van der Waals surface area contributed by atoms with Crippen LogP contribution < -0.4 is 0 Å². The Hall–Kier alpha value is -0.610. The lowest BCUT2D eigenvalue weighted by atomic mass is 10.1. The third-order valence-electron chi connectivity index (χ3n) is 3.29. The molecule has 20 heavy (non-hydrogen) atoms. The van der Waals surface area contributed by atoms with Crippen LogP contribution in [0.15, 0.2) is 0 Å². The summed E-state index contributed by atoms with van der Waals surface area (Å²) >= 11 is 0. The summed E-state index contributed by atoms with van der Waals surface area (Å²) in [6.45, 7) is 4.82. The molecule has 0 radical (unpaired) electrons. The molecule has 4 heteroatoms. The highest BCUT2D eigenvalue weighted by molar-refractivity contribution is 5.70. The molecular weight excluding hydrogens is 256 g/mol. The predicted molar refractivity (Wildman–Crippen MR) is 80.8 cm³/mol. The molecular formula is C16H32O4. The van der Waals surface area contributed by atoms with Gasteiger partial charge in [0.1, 0.15) is 0 Å². The molecule has 0 rings (SSSR count). The number of hydrogen-bond donors (Lipinski definition) is 1. The largest absolute Gasteiger partial charge is 0.477 e. The smallest absolute Gasteiger partial charge is 0.361 e. The molecule has 0 amide bonds. The topological polar surface area (TPSA) is 55.8 Å². The summed E-state index contributed by atoms with van der Waals surface area (Å²) in [5.74, 6) is -1.04. The van der Waals surface area contributed by atoms with E-state index >= 15 is 0 Å². The van der Waals surface area contributed by atoms with Crippen LogP contribution in [-0.4, -0.2) is 30.6 Å². The highest BCUT2D eigenvalue weighted by Crippen LogP contribution is 2.10. The van der Waals surface area contributed by atoms with Crippen molar-refractivity contribution in [3.8, 4) is 0 Å². The average molecular weight is 288 g/mol. The molecule has 0 aromatic heterocycles. The van der Waals surface area contributed by atoms with Crippen molar-refractivity contribution >= 4 is 5.97 Å². The van der Waals surface area contributed by atoms with E-state index in [1.54, 1.807) is 6.92 Å². The minimum absolute atomic E-state index is 0.356. The minimum atomic E-state index is -1.10. The van der Waals surface area contributed by atoms with E-state index in [0.717, 1.165) is 12.8 Å². The van der Waals surface area contributed by atoms with Gasteiger partial charge in [-0.15, -0.1) is 0 Å². The van der Waals surface area contributed by atoms with Gasteiger partial charge in [0, 0.05) is 6.61 Å². The molecule has 120 valence electrons. The summed E-state index contributed by atoms with van der Waals surface area (Å²) in [7, 11) is 0. The molecule has 0 saturated carbocycles. The van der Waals surface area contributed by atoms with Gasteiger partial charge in [-0.2, -0.15) is 0 Å². The lowest BCUT2D eigenvalue weighted by Gasteiger charge is -2.12. The first-order chi connectivity index (χ1) is 9.72. The highest BCUT2D eigenvalue weighted by atomic mass is 16.7. The lowest BCUT2D eigenvalue weighted by molar-refractivity contribution is -0.188. The van der Waals surface area contributed by atoms with Crippen LogP contribution in [0.25, 0.3) is 0 Å². The molecule has 0 aliphatic rings. The number of aliphatic carboxylic acids is 1. The molecule has 0 aliphatic carbocycles. The van der Waals surface area contributed by atoms with Gasteiger partial charge in [-0.3, -0.25) is 0 Å². The number of ether oxygens (including phenoxy) is 2. The van der Waals surface area contributed by atoms with Crippen molar-refractivity contribution in [3.05, 3.63) is 0 Å². The van der Waals surface area contributed by atoms with E-state index in [4.69, 9.17) is 14.6 Å². The van der Waals surface area contributed by atoms with Crippen LogP contribution in [0.2, 0.25) is 0 Å². The molecule has 0 fully saturated rings. The number of unbranched alkanes of at least 4 members (excludes halogenated alkanes) is 9. The van der Waals surface area contributed by atoms with Crippen molar-refractivity contribution in [1.82, 2.24) is 0 Å². The van der Waals surface area contributed by atoms with E-state index in [2.05, 4.69) is 6.92 Å². The first kappa shape index (κ1) is 19.4. The van der Waals surface area contributed by atoms with Crippen molar-refractivity contribution < 1.29 is 19.4 Å². The highest BCUT2D eigenvalue weighted by Gasteiger charge is 2.17. The zero-order chi connectivity index (χ0) is 15.1. The second-order valence-electron chi connectivity index (χ2n) is 5.18. The Morgan fingerprint density at radius 2 is 1.35 bits per heavy atom. The molecule has 0 aromatic carbocycles. The molecule has 0 heterocycles. The van der Waals surface area contributed by atoms with Gasteiger partial charge in [0.2, 0.25) is 0 Å². The van der Waals surface area contributed by atoms with Gasteiger partial charge >= 0.3 is 5.97 Å². The molecule has 1 atom stereocenters. The monoisotopic (exact) mass is 288 g/mol. The first-order valence-corrected chi connectivity index (χ1v) is 8.18. The fraction of sp³-hybridized carbons (Fsp3) is 0.938. The van der Waals surface area contributed by atoms with E-state index in [1.165, 1.54) is 51.4 Å². The predicted octanol–water partition coefficient (Wildman–Crippen LogP) is 4.37.